The van der Waals surface area contributed by atoms with E-state index in [-0.39, 0.29) is 42.6 Å². The molecule has 0 radical (unpaired) electrons. The summed E-state index contributed by atoms with van der Waals surface area (Å²) in [4.78, 5) is 82.9. The molecule has 336 valence electrons. The molecule has 4 fully saturated rings. The number of ether oxygens (including phenoxy) is 6. The molecule has 5 aliphatic rings. The van der Waals surface area contributed by atoms with Crippen LogP contribution in [0.1, 0.15) is 111 Å². The lowest BCUT2D eigenvalue weighted by atomic mass is 9.45. The molecule has 1 unspecified atom stereocenters. The molecule has 1 heterocycles. The molecule has 1 aromatic carbocycles. The predicted octanol–water partition coefficient (Wildman–Crippen LogP) is 4.10. The van der Waals surface area contributed by atoms with Gasteiger partial charge in [0, 0.05) is 38.0 Å². The number of ketones is 1. The van der Waals surface area contributed by atoms with Gasteiger partial charge in [-0.05, 0) is 49.3 Å². The molecular formula is C45H61NO15. The van der Waals surface area contributed by atoms with Crippen LogP contribution in [-0.4, -0.2) is 112 Å². The number of aliphatic hydroxyl groups is 3. The Bertz CT molecular complexity index is 1910. The summed E-state index contributed by atoms with van der Waals surface area (Å²) in [5, 5.41) is 40.2. The van der Waals surface area contributed by atoms with Crippen LogP contribution in [0, 0.1) is 34.5 Å². The molecule has 2 bridgehead atoms. The second kappa shape index (κ2) is 17.4. The Morgan fingerprint density at radius 3 is 2.20 bits per heavy atom. The quantitative estimate of drug-likeness (QED) is 0.181. The fraction of sp³-hybridized carbons (Fsp3) is 0.689. The molecule has 1 amide bonds. The van der Waals surface area contributed by atoms with Crippen molar-refractivity contribution < 1.29 is 72.5 Å². The van der Waals surface area contributed by atoms with Gasteiger partial charge in [0.05, 0.1) is 42.3 Å². The summed E-state index contributed by atoms with van der Waals surface area (Å²) in [5.74, 6) is -7.98. The van der Waals surface area contributed by atoms with Crippen molar-refractivity contribution in [3.8, 4) is 0 Å². The van der Waals surface area contributed by atoms with Crippen LogP contribution in [0.3, 0.4) is 0 Å². The highest BCUT2D eigenvalue weighted by Crippen LogP contribution is 2.65. The van der Waals surface area contributed by atoms with E-state index in [0.29, 0.717) is 12.8 Å². The third-order valence-electron chi connectivity index (χ3n) is 14.0. The Morgan fingerprint density at radius 2 is 1.62 bits per heavy atom. The first-order valence-electron chi connectivity index (χ1n) is 21.4. The maximum atomic E-state index is 15.4. The Hall–Kier alpha value is -4.38. The third kappa shape index (κ3) is 8.20. The van der Waals surface area contributed by atoms with Gasteiger partial charge in [-0.15, -0.1) is 0 Å². The van der Waals surface area contributed by atoms with E-state index in [9.17, 15) is 39.3 Å². The van der Waals surface area contributed by atoms with Crippen LogP contribution in [0.4, 0.5) is 4.79 Å². The van der Waals surface area contributed by atoms with Crippen molar-refractivity contribution >= 4 is 35.8 Å². The summed E-state index contributed by atoms with van der Waals surface area (Å²) in [6.45, 7) is 11.9. The second-order valence-electron chi connectivity index (χ2n) is 18.7. The lowest BCUT2D eigenvalue weighted by Crippen LogP contribution is -2.81. The molecule has 1 saturated heterocycles. The van der Waals surface area contributed by atoms with Crippen LogP contribution in [-0.2, 0) is 47.6 Å². The van der Waals surface area contributed by atoms with Gasteiger partial charge >= 0.3 is 30.0 Å². The van der Waals surface area contributed by atoms with E-state index in [4.69, 9.17) is 28.4 Å². The van der Waals surface area contributed by atoms with Gasteiger partial charge < -0.3 is 49.1 Å². The molecule has 4 aliphatic carbocycles. The molecule has 61 heavy (non-hydrogen) atoms. The van der Waals surface area contributed by atoms with Crippen molar-refractivity contribution in [3.05, 3.63) is 47.2 Å². The molecule has 1 aromatic rings. The van der Waals surface area contributed by atoms with Gasteiger partial charge in [-0.3, -0.25) is 14.4 Å². The predicted molar refractivity (Wildman–Crippen MR) is 214 cm³/mol. The Kier molecular flexibility index (Phi) is 13.2. The average Bonchev–Trinajstić information content (AvgIpc) is 3.20. The molecule has 16 heteroatoms. The fourth-order valence-corrected chi connectivity index (χ4v) is 10.8. The first-order valence-corrected chi connectivity index (χ1v) is 21.4. The van der Waals surface area contributed by atoms with Gasteiger partial charge in [0.25, 0.3) is 0 Å². The maximum Gasteiger partial charge on any atom is 0.407 e. The Morgan fingerprint density at radius 1 is 0.967 bits per heavy atom. The van der Waals surface area contributed by atoms with Crippen molar-refractivity contribution in [1.82, 2.24) is 5.32 Å². The minimum Gasteiger partial charge on any atom is -0.460 e. The molecule has 11 atom stereocenters. The SMILES string of the molecule is CC(=O)OC1=C2C(C)[C@@H](OC(=O)[C@H](O)[C@@H](NC(=O)OCC(C)C)C3CCCCC3)C[C@@](O)([C@@H](OC(=O)c3ccccc3)[C@@H]3[C@]4(OC(C)=O)CO[C@@H]4C[C@H](O)[C@@]3(C)C1=O)C2(C)C. The van der Waals surface area contributed by atoms with E-state index >= 15 is 4.79 Å². The summed E-state index contributed by atoms with van der Waals surface area (Å²) in [5.41, 5.74) is -7.72. The van der Waals surface area contributed by atoms with Crippen LogP contribution in [0.25, 0.3) is 0 Å². The monoisotopic (exact) mass is 855 g/mol. The zero-order valence-electron chi connectivity index (χ0n) is 36.3. The van der Waals surface area contributed by atoms with Crippen molar-refractivity contribution in [2.45, 2.75) is 148 Å². The van der Waals surface area contributed by atoms with Crippen LogP contribution in [0.15, 0.2) is 41.7 Å². The Balaban J connectivity index is 1.51. The van der Waals surface area contributed by atoms with E-state index in [1.165, 1.54) is 19.1 Å². The number of benzene rings is 1. The highest BCUT2D eigenvalue weighted by Gasteiger charge is 2.78. The summed E-state index contributed by atoms with van der Waals surface area (Å²) >= 11 is 0. The number of hydrogen-bond donors (Lipinski definition) is 4. The number of carbonyl (C=O) groups excluding carboxylic acids is 6. The number of allylic oxidation sites excluding steroid dienone is 1. The number of rotatable bonds is 11. The zero-order valence-corrected chi connectivity index (χ0v) is 36.3. The zero-order chi connectivity index (χ0) is 44.8. The first-order chi connectivity index (χ1) is 28.6. The molecule has 16 nitrogen and oxygen atoms in total. The van der Waals surface area contributed by atoms with Crippen molar-refractivity contribution in [2.24, 2.45) is 34.5 Å². The van der Waals surface area contributed by atoms with Gasteiger partial charge in [-0.25, -0.2) is 14.4 Å². The number of alkyl carbamates (subject to hydrolysis) is 1. The largest absolute Gasteiger partial charge is 0.460 e. The lowest BCUT2D eigenvalue weighted by Gasteiger charge is -2.67. The van der Waals surface area contributed by atoms with Crippen LogP contribution in [0.2, 0.25) is 0 Å². The van der Waals surface area contributed by atoms with Crippen molar-refractivity contribution in [1.29, 1.82) is 0 Å². The number of nitrogens with one attached hydrogen (secondary N) is 1. The topological polar surface area (TPSA) is 231 Å². The van der Waals surface area contributed by atoms with Gasteiger partial charge in [-0.1, -0.05) is 72.1 Å². The summed E-state index contributed by atoms with van der Waals surface area (Å²) < 4.78 is 35.6. The number of amides is 1. The minimum absolute atomic E-state index is 0.0223. The third-order valence-corrected chi connectivity index (χ3v) is 14.0. The fourth-order valence-electron chi connectivity index (χ4n) is 10.8. The number of aliphatic hydroxyl groups excluding tert-OH is 2. The molecule has 3 saturated carbocycles. The molecule has 0 aromatic heterocycles. The van der Waals surface area contributed by atoms with Gasteiger partial charge in [-0.2, -0.15) is 0 Å². The minimum atomic E-state index is -2.36. The Labute approximate surface area is 356 Å². The number of fused-ring (bicyclic) bond motifs is 5. The van der Waals surface area contributed by atoms with E-state index in [1.807, 2.05) is 13.8 Å². The number of Topliss-reactive ketones (excluding diaryl/α,β-unsaturated/α-hetero) is 1. The summed E-state index contributed by atoms with van der Waals surface area (Å²) in [7, 11) is 0. The standard InChI is InChI=1S/C45H61NO15/c1-23(2)21-56-41(54)46-33(27-15-11-9-12-16-27)34(50)40(53)59-29-20-45(55)38(60-39(52)28-17-13-10-14-18-28)36-43(8,30(49)19-31-44(36,22-57-31)61-26(5)48)37(51)35(58-25(4)47)32(24(29)3)42(45,6)7/h10,13-14,17-18,23-24,27,29-31,33-34,36,38,49-50,55H,9,11-12,15-16,19-22H2,1-8H3,(H,46,54)/t24?,29-,30-,31+,33-,34+,36-,38-,43+,44-,45+/m0/s1. The lowest BCUT2D eigenvalue weighted by molar-refractivity contribution is -0.345. The van der Waals surface area contributed by atoms with Crippen LogP contribution < -0.4 is 5.32 Å². The molecule has 0 spiro atoms. The second-order valence-corrected chi connectivity index (χ2v) is 18.7. The van der Waals surface area contributed by atoms with E-state index < -0.39 is 118 Å². The van der Waals surface area contributed by atoms with Crippen molar-refractivity contribution in [3.63, 3.8) is 0 Å². The number of hydrogen-bond acceptors (Lipinski definition) is 15. The summed E-state index contributed by atoms with van der Waals surface area (Å²) in [6, 6.07) is 6.79. The number of carbonyl (C=O) groups is 6. The van der Waals surface area contributed by atoms with Crippen LogP contribution in [0.5, 0.6) is 0 Å². The van der Waals surface area contributed by atoms with Crippen LogP contribution >= 0.6 is 0 Å². The molecular weight excluding hydrogens is 794 g/mol. The maximum absolute atomic E-state index is 15.4. The first kappa shape index (κ1) is 46.1. The van der Waals surface area contributed by atoms with Gasteiger partial charge in [0.1, 0.15) is 23.9 Å². The summed E-state index contributed by atoms with van der Waals surface area (Å²) in [6.07, 6.45) is -5.36. The van der Waals surface area contributed by atoms with E-state index in [2.05, 4.69) is 5.32 Å². The smallest absolute Gasteiger partial charge is 0.407 e. The van der Waals surface area contributed by atoms with E-state index in [1.54, 1.807) is 39.0 Å². The molecule has 1 aliphatic heterocycles. The normalized spacial score (nSPS) is 34.2. The van der Waals surface area contributed by atoms with E-state index in [0.717, 1.165) is 33.1 Å². The highest BCUT2D eigenvalue weighted by molar-refractivity contribution is 6.02. The number of esters is 4. The average molecular weight is 856 g/mol. The van der Waals surface area contributed by atoms with Gasteiger partial charge in [0.2, 0.25) is 5.78 Å². The van der Waals surface area contributed by atoms with Crippen molar-refractivity contribution in [2.75, 3.05) is 13.2 Å². The molecule has 6 rings (SSSR count). The molecule has 4 N–H and O–H groups in total. The van der Waals surface area contributed by atoms with Gasteiger partial charge in [0.15, 0.2) is 17.5 Å². The highest BCUT2D eigenvalue weighted by atomic mass is 16.6.